The monoisotopic (exact) mass is 257 g/mol. The third kappa shape index (κ3) is 4.53. The number of hydrogen-bond acceptors (Lipinski definition) is 5. The van der Waals surface area contributed by atoms with Crippen LogP contribution in [-0.4, -0.2) is 85.9 Å². The quantitative estimate of drug-likeness (QED) is 0.663. The molecule has 0 bridgehead atoms. The molecule has 0 radical (unpaired) electrons. The SMILES string of the molecule is O=C(O)CC1CN(CCN2CCOCC2)CCN1. The summed E-state index contributed by atoms with van der Waals surface area (Å²) in [4.78, 5) is 15.5. The number of nitrogens with zero attached hydrogens (tertiary/aromatic N) is 2. The molecule has 0 spiro atoms. The largest absolute Gasteiger partial charge is 0.481 e. The molecule has 0 saturated carbocycles. The Bertz CT molecular complexity index is 269. The van der Waals surface area contributed by atoms with Crippen molar-refractivity contribution in [2.24, 2.45) is 0 Å². The smallest absolute Gasteiger partial charge is 0.304 e. The molecule has 2 heterocycles. The molecule has 6 nitrogen and oxygen atoms in total. The van der Waals surface area contributed by atoms with E-state index in [1.54, 1.807) is 0 Å². The lowest BCUT2D eigenvalue weighted by atomic mass is 10.1. The zero-order valence-electron chi connectivity index (χ0n) is 10.8. The molecule has 1 atom stereocenters. The van der Waals surface area contributed by atoms with Gasteiger partial charge in [0.15, 0.2) is 0 Å². The van der Waals surface area contributed by atoms with Gasteiger partial charge in [0.25, 0.3) is 0 Å². The molecule has 2 fully saturated rings. The summed E-state index contributed by atoms with van der Waals surface area (Å²) in [5, 5.41) is 12.1. The van der Waals surface area contributed by atoms with Crippen LogP contribution in [0, 0.1) is 0 Å². The van der Waals surface area contributed by atoms with Crippen LogP contribution >= 0.6 is 0 Å². The minimum atomic E-state index is -0.720. The van der Waals surface area contributed by atoms with Crippen LogP contribution < -0.4 is 5.32 Å². The summed E-state index contributed by atoms with van der Waals surface area (Å²) >= 11 is 0. The molecule has 0 aliphatic carbocycles. The Balaban J connectivity index is 1.67. The molecule has 0 aromatic rings. The number of morpholine rings is 1. The van der Waals surface area contributed by atoms with Crippen LogP contribution in [0.3, 0.4) is 0 Å². The Morgan fingerprint density at radius 1 is 1.22 bits per heavy atom. The maximum Gasteiger partial charge on any atom is 0.304 e. The highest BCUT2D eigenvalue weighted by Gasteiger charge is 2.21. The summed E-state index contributed by atoms with van der Waals surface area (Å²) in [5.41, 5.74) is 0. The second-order valence-corrected chi connectivity index (χ2v) is 5.00. The van der Waals surface area contributed by atoms with Crippen molar-refractivity contribution in [1.82, 2.24) is 15.1 Å². The maximum absolute atomic E-state index is 10.7. The molecule has 0 aromatic carbocycles. The molecular weight excluding hydrogens is 234 g/mol. The fourth-order valence-electron chi connectivity index (χ4n) is 2.55. The average molecular weight is 257 g/mol. The van der Waals surface area contributed by atoms with Gasteiger partial charge in [-0.1, -0.05) is 0 Å². The van der Waals surface area contributed by atoms with Crippen LogP contribution in [0.2, 0.25) is 0 Å². The Hall–Kier alpha value is -0.690. The number of piperazine rings is 1. The Labute approximate surface area is 108 Å². The zero-order chi connectivity index (χ0) is 12.8. The van der Waals surface area contributed by atoms with Gasteiger partial charge in [0, 0.05) is 51.9 Å². The van der Waals surface area contributed by atoms with Crippen LogP contribution in [0.4, 0.5) is 0 Å². The fraction of sp³-hybridized carbons (Fsp3) is 0.917. The minimum absolute atomic E-state index is 0.0981. The molecule has 2 rings (SSSR count). The van der Waals surface area contributed by atoms with Crippen molar-refractivity contribution in [3.05, 3.63) is 0 Å². The van der Waals surface area contributed by atoms with E-state index >= 15 is 0 Å². The lowest BCUT2D eigenvalue weighted by Gasteiger charge is -2.35. The Morgan fingerprint density at radius 3 is 2.67 bits per heavy atom. The van der Waals surface area contributed by atoms with Gasteiger partial charge in [-0.3, -0.25) is 14.6 Å². The number of nitrogens with one attached hydrogen (secondary N) is 1. The normalized spacial score (nSPS) is 27.2. The van der Waals surface area contributed by atoms with E-state index in [1.807, 2.05) is 0 Å². The maximum atomic E-state index is 10.7. The van der Waals surface area contributed by atoms with E-state index in [1.165, 1.54) is 0 Å². The van der Waals surface area contributed by atoms with Gasteiger partial charge in [-0.05, 0) is 0 Å². The highest BCUT2D eigenvalue weighted by molar-refractivity contribution is 5.67. The second-order valence-electron chi connectivity index (χ2n) is 5.00. The molecule has 2 aliphatic heterocycles. The number of hydrogen-bond donors (Lipinski definition) is 2. The predicted molar refractivity (Wildman–Crippen MR) is 67.7 cm³/mol. The molecule has 2 saturated heterocycles. The topological polar surface area (TPSA) is 65.0 Å². The molecule has 6 heteroatoms. The van der Waals surface area contributed by atoms with E-state index in [9.17, 15) is 4.79 Å². The molecule has 0 amide bonds. The van der Waals surface area contributed by atoms with Gasteiger partial charge in [0.2, 0.25) is 0 Å². The van der Waals surface area contributed by atoms with Crippen LogP contribution in [0.1, 0.15) is 6.42 Å². The first kappa shape index (κ1) is 13.7. The average Bonchev–Trinajstić information content (AvgIpc) is 2.37. The Morgan fingerprint density at radius 2 is 1.94 bits per heavy atom. The second kappa shape index (κ2) is 7.04. The molecule has 2 N–H and O–H groups in total. The molecule has 104 valence electrons. The number of carboxylic acid groups (broad SMARTS) is 1. The van der Waals surface area contributed by atoms with Gasteiger partial charge < -0.3 is 15.2 Å². The summed E-state index contributed by atoms with van der Waals surface area (Å²) in [5.74, 6) is -0.720. The van der Waals surface area contributed by atoms with E-state index in [2.05, 4.69) is 15.1 Å². The van der Waals surface area contributed by atoms with E-state index < -0.39 is 5.97 Å². The first-order valence-corrected chi connectivity index (χ1v) is 6.71. The van der Waals surface area contributed by atoms with Crippen molar-refractivity contribution in [1.29, 1.82) is 0 Å². The van der Waals surface area contributed by atoms with E-state index in [0.29, 0.717) is 0 Å². The number of carboxylic acids is 1. The molecule has 2 aliphatic rings. The van der Waals surface area contributed by atoms with Gasteiger partial charge >= 0.3 is 5.97 Å². The summed E-state index contributed by atoms with van der Waals surface area (Å²) in [6.07, 6.45) is 0.216. The minimum Gasteiger partial charge on any atom is -0.481 e. The summed E-state index contributed by atoms with van der Waals surface area (Å²) in [6.45, 7) is 8.54. The van der Waals surface area contributed by atoms with Crippen molar-refractivity contribution >= 4 is 5.97 Å². The zero-order valence-corrected chi connectivity index (χ0v) is 10.8. The summed E-state index contributed by atoms with van der Waals surface area (Å²) in [7, 11) is 0. The van der Waals surface area contributed by atoms with E-state index in [-0.39, 0.29) is 12.5 Å². The molecule has 18 heavy (non-hydrogen) atoms. The summed E-state index contributed by atoms with van der Waals surface area (Å²) < 4.78 is 5.32. The molecule has 1 unspecified atom stereocenters. The van der Waals surface area contributed by atoms with Crippen LogP contribution in [0.15, 0.2) is 0 Å². The van der Waals surface area contributed by atoms with Gasteiger partial charge in [-0.15, -0.1) is 0 Å². The van der Waals surface area contributed by atoms with Gasteiger partial charge in [-0.25, -0.2) is 0 Å². The predicted octanol–water partition coefficient (Wildman–Crippen LogP) is -0.933. The number of ether oxygens (including phenoxy) is 1. The number of aliphatic carboxylic acids is 1. The highest BCUT2D eigenvalue weighted by atomic mass is 16.5. The van der Waals surface area contributed by atoms with E-state index in [0.717, 1.165) is 59.0 Å². The van der Waals surface area contributed by atoms with E-state index in [4.69, 9.17) is 9.84 Å². The molecule has 0 aromatic heterocycles. The van der Waals surface area contributed by atoms with Crippen LogP contribution in [0.25, 0.3) is 0 Å². The Kier molecular flexibility index (Phi) is 5.37. The van der Waals surface area contributed by atoms with Crippen molar-refractivity contribution < 1.29 is 14.6 Å². The first-order valence-electron chi connectivity index (χ1n) is 6.71. The van der Waals surface area contributed by atoms with Crippen LogP contribution in [-0.2, 0) is 9.53 Å². The third-order valence-electron chi connectivity index (χ3n) is 3.60. The number of rotatable bonds is 5. The van der Waals surface area contributed by atoms with Crippen molar-refractivity contribution in [3.63, 3.8) is 0 Å². The number of carbonyl (C=O) groups is 1. The van der Waals surface area contributed by atoms with Gasteiger partial charge in [0.1, 0.15) is 0 Å². The summed E-state index contributed by atoms with van der Waals surface area (Å²) in [6, 6.07) is 0.0981. The fourth-order valence-corrected chi connectivity index (χ4v) is 2.55. The van der Waals surface area contributed by atoms with Crippen molar-refractivity contribution in [3.8, 4) is 0 Å². The third-order valence-corrected chi connectivity index (χ3v) is 3.60. The van der Waals surface area contributed by atoms with Gasteiger partial charge in [0.05, 0.1) is 19.6 Å². The van der Waals surface area contributed by atoms with Crippen molar-refractivity contribution in [2.45, 2.75) is 12.5 Å². The lowest BCUT2D eigenvalue weighted by Crippen LogP contribution is -2.53. The van der Waals surface area contributed by atoms with Crippen molar-refractivity contribution in [2.75, 3.05) is 59.0 Å². The standard InChI is InChI=1S/C12H23N3O3/c16-12(17)9-11-10-15(2-1-13-11)4-3-14-5-7-18-8-6-14/h11,13H,1-10H2,(H,16,17). The first-order chi connectivity index (χ1) is 8.74. The lowest BCUT2D eigenvalue weighted by molar-refractivity contribution is -0.137. The van der Waals surface area contributed by atoms with Gasteiger partial charge in [-0.2, -0.15) is 0 Å². The molecular formula is C12H23N3O3. The van der Waals surface area contributed by atoms with Crippen LogP contribution in [0.5, 0.6) is 0 Å². The highest BCUT2D eigenvalue weighted by Crippen LogP contribution is 2.04.